The monoisotopic (exact) mass is 348 g/mol. The maximum atomic E-state index is 11.9. The van der Waals surface area contributed by atoms with Crippen LogP contribution in [0.3, 0.4) is 0 Å². The molecule has 0 unspecified atom stereocenters. The predicted molar refractivity (Wildman–Crippen MR) is 97.2 cm³/mol. The average Bonchev–Trinajstić information content (AvgIpc) is 2.52. The Kier molecular flexibility index (Phi) is 4.78. The number of hydrogen-bond donors (Lipinski definition) is 1. The standard InChI is InChI=1S/C18H24N2O3S/c1-14-11-17(15-5-3-4-6-16(15)20-14)19-12-18(13-24(2,21)22)7-9-23-10-8-18/h3-6,11H,7-10,12-13H2,1-2H3,(H,19,20). The summed E-state index contributed by atoms with van der Waals surface area (Å²) in [5.74, 6) is 0.193. The third-order valence-corrected chi connectivity index (χ3v) is 5.76. The minimum Gasteiger partial charge on any atom is -0.384 e. The lowest BCUT2D eigenvalue weighted by atomic mass is 9.82. The van der Waals surface area contributed by atoms with Crippen LogP contribution in [-0.2, 0) is 14.6 Å². The molecule has 6 heteroatoms. The minimum atomic E-state index is -3.05. The zero-order chi connectivity index (χ0) is 17.2. The fourth-order valence-electron chi connectivity index (χ4n) is 3.47. The fourth-order valence-corrected chi connectivity index (χ4v) is 4.97. The lowest BCUT2D eigenvalue weighted by molar-refractivity contribution is 0.0315. The van der Waals surface area contributed by atoms with Crippen LogP contribution in [0.2, 0.25) is 0 Å². The first-order chi connectivity index (χ1) is 11.4. The summed E-state index contributed by atoms with van der Waals surface area (Å²) in [6.45, 7) is 3.83. The van der Waals surface area contributed by atoms with Crippen LogP contribution in [0.5, 0.6) is 0 Å². The minimum absolute atomic E-state index is 0.193. The highest BCUT2D eigenvalue weighted by Crippen LogP contribution is 2.33. The van der Waals surface area contributed by atoms with Gasteiger partial charge in [0.05, 0.1) is 11.3 Å². The quantitative estimate of drug-likeness (QED) is 0.900. The second kappa shape index (κ2) is 6.69. The Morgan fingerprint density at radius 1 is 1.25 bits per heavy atom. The van der Waals surface area contributed by atoms with Crippen molar-refractivity contribution in [2.24, 2.45) is 5.41 Å². The van der Waals surface area contributed by atoms with E-state index in [2.05, 4.69) is 10.3 Å². The molecular formula is C18H24N2O3S. The Morgan fingerprint density at radius 2 is 1.96 bits per heavy atom. The van der Waals surface area contributed by atoms with Gasteiger partial charge in [-0.2, -0.15) is 0 Å². The Balaban J connectivity index is 1.87. The summed E-state index contributed by atoms with van der Waals surface area (Å²) in [7, 11) is -3.05. The largest absolute Gasteiger partial charge is 0.384 e. The van der Waals surface area contributed by atoms with E-state index < -0.39 is 9.84 Å². The molecule has 0 aliphatic carbocycles. The summed E-state index contributed by atoms with van der Waals surface area (Å²) in [5.41, 5.74) is 2.63. The summed E-state index contributed by atoms with van der Waals surface area (Å²) < 4.78 is 29.3. The molecule has 0 amide bonds. The van der Waals surface area contributed by atoms with Crippen molar-refractivity contribution in [3.63, 3.8) is 0 Å². The number of anilines is 1. The molecule has 3 rings (SSSR count). The van der Waals surface area contributed by atoms with Crippen LogP contribution < -0.4 is 5.32 Å². The molecule has 1 aliphatic heterocycles. The number of aryl methyl sites for hydroxylation is 1. The number of para-hydroxylation sites is 1. The van der Waals surface area contributed by atoms with E-state index in [9.17, 15) is 8.42 Å². The van der Waals surface area contributed by atoms with Crippen molar-refractivity contribution in [1.29, 1.82) is 0 Å². The molecule has 1 N–H and O–H groups in total. The van der Waals surface area contributed by atoms with E-state index in [0.29, 0.717) is 19.8 Å². The van der Waals surface area contributed by atoms with Gasteiger partial charge in [0, 0.05) is 48.2 Å². The Labute approximate surface area is 143 Å². The van der Waals surface area contributed by atoms with E-state index in [4.69, 9.17) is 4.74 Å². The normalized spacial score (nSPS) is 17.8. The molecule has 0 bridgehead atoms. The third kappa shape index (κ3) is 4.05. The zero-order valence-corrected chi connectivity index (χ0v) is 15.0. The molecular weight excluding hydrogens is 324 g/mol. The van der Waals surface area contributed by atoms with Crippen LogP contribution in [0.25, 0.3) is 10.9 Å². The molecule has 1 aromatic carbocycles. The number of nitrogens with one attached hydrogen (secondary N) is 1. The van der Waals surface area contributed by atoms with E-state index in [0.717, 1.165) is 35.1 Å². The van der Waals surface area contributed by atoms with Gasteiger partial charge in [-0.05, 0) is 31.9 Å². The number of hydrogen-bond acceptors (Lipinski definition) is 5. The van der Waals surface area contributed by atoms with E-state index in [-0.39, 0.29) is 11.2 Å². The Morgan fingerprint density at radius 3 is 2.67 bits per heavy atom. The van der Waals surface area contributed by atoms with Gasteiger partial charge in [-0.15, -0.1) is 0 Å². The van der Waals surface area contributed by atoms with Crippen molar-refractivity contribution < 1.29 is 13.2 Å². The molecule has 0 atom stereocenters. The third-order valence-electron chi connectivity index (χ3n) is 4.62. The highest BCUT2D eigenvalue weighted by molar-refractivity contribution is 7.90. The van der Waals surface area contributed by atoms with Gasteiger partial charge in [-0.25, -0.2) is 8.42 Å². The summed E-state index contributed by atoms with van der Waals surface area (Å²) in [6, 6.07) is 10.0. The van der Waals surface area contributed by atoms with Crippen molar-refractivity contribution in [3.05, 3.63) is 36.0 Å². The maximum absolute atomic E-state index is 11.9. The number of rotatable bonds is 5. The molecule has 2 heterocycles. The van der Waals surface area contributed by atoms with Crippen molar-refractivity contribution in [2.75, 3.05) is 37.1 Å². The second-order valence-electron chi connectivity index (χ2n) is 6.86. The first kappa shape index (κ1) is 17.2. The predicted octanol–water partition coefficient (Wildman–Crippen LogP) is 2.80. The molecule has 1 aromatic heterocycles. The summed E-state index contributed by atoms with van der Waals surface area (Å²) >= 11 is 0. The molecule has 0 radical (unpaired) electrons. The summed E-state index contributed by atoms with van der Waals surface area (Å²) in [4.78, 5) is 4.55. The van der Waals surface area contributed by atoms with Gasteiger partial charge in [-0.3, -0.25) is 4.98 Å². The summed E-state index contributed by atoms with van der Waals surface area (Å²) in [5, 5.41) is 4.56. The van der Waals surface area contributed by atoms with Gasteiger partial charge in [0.25, 0.3) is 0 Å². The van der Waals surface area contributed by atoms with Crippen LogP contribution in [0.15, 0.2) is 30.3 Å². The lowest BCUT2D eigenvalue weighted by Crippen LogP contribution is -2.41. The fraction of sp³-hybridized carbons (Fsp3) is 0.500. The number of aromatic nitrogens is 1. The molecule has 1 aliphatic rings. The van der Waals surface area contributed by atoms with E-state index >= 15 is 0 Å². The van der Waals surface area contributed by atoms with Gasteiger partial charge in [0.2, 0.25) is 0 Å². The number of sulfone groups is 1. The van der Waals surface area contributed by atoms with Gasteiger partial charge in [-0.1, -0.05) is 18.2 Å². The van der Waals surface area contributed by atoms with Gasteiger partial charge in [0.15, 0.2) is 0 Å². The number of benzene rings is 1. The van der Waals surface area contributed by atoms with Gasteiger partial charge < -0.3 is 10.1 Å². The Bertz CT molecular complexity index is 827. The van der Waals surface area contributed by atoms with Crippen molar-refractivity contribution in [1.82, 2.24) is 4.98 Å². The molecule has 130 valence electrons. The van der Waals surface area contributed by atoms with Crippen LogP contribution >= 0.6 is 0 Å². The first-order valence-corrected chi connectivity index (χ1v) is 10.3. The highest BCUT2D eigenvalue weighted by Gasteiger charge is 2.36. The van der Waals surface area contributed by atoms with Crippen LogP contribution in [0.4, 0.5) is 5.69 Å². The lowest BCUT2D eigenvalue weighted by Gasteiger charge is -2.37. The van der Waals surface area contributed by atoms with E-state index in [1.807, 2.05) is 37.3 Å². The van der Waals surface area contributed by atoms with Gasteiger partial charge >= 0.3 is 0 Å². The van der Waals surface area contributed by atoms with E-state index in [1.54, 1.807) is 0 Å². The van der Waals surface area contributed by atoms with E-state index in [1.165, 1.54) is 6.26 Å². The molecule has 1 fully saturated rings. The number of ether oxygens (including phenoxy) is 1. The number of fused-ring (bicyclic) bond motifs is 1. The van der Waals surface area contributed by atoms with Crippen LogP contribution in [0, 0.1) is 12.3 Å². The smallest absolute Gasteiger partial charge is 0.148 e. The average molecular weight is 348 g/mol. The molecule has 5 nitrogen and oxygen atoms in total. The zero-order valence-electron chi connectivity index (χ0n) is 14.2. The molecule has 24 heavy (non-hydrogen) atoms. The van der Waals surface area contributed by atoms with Gasteiger partial charge in [0.1, 0.15) is 9.84 Å². The van der Waals surface area contributed by atoms with Crippen LogP contribution in [0.1, 0.15) is 18.5 Å². The molecule has 0 spiro atoms. The molecule has 2 aromatic rings. The number of pyridine rings is 1. The number of nitrogens with zero attached hydrogens (tertiary/aromatic N) is 1. The SMILES string of the molecule is Cc1cc(NCC2(CS(C)(=O)=O)CCOCC2)c2ccccc2n1. The summed E-state index contributed by atoms with van der Waals surface area (Å²) in [6.07, 6.45) is 2.83. The molecule has 0 saturated carbocycles. The van der Waals surface area contributed by atoms with Crippen LogP contribution in [-0.4, -0.2) is 45.2 Å². The first-order valence-electron chi connectivity index (χ1n) is 8.23. The molecule has 1 saturated heterocycles. The highest BCUT2D eigenvalue weighted by atomic mass is 32.2. The Hall–Kier alpha value is -1.66. The second-order valence-corrected chi connectivity index (χ2v) is 9.00. The topological polar surface area (TPSA) is 68.3 Å². The van der Waals surface area contributed by atoms with Crippen molar-refractivity contribution >= 4 is 26.4 Å². The maximum Gasteiger partial charge on any atom is 0.148 e. The van der Waals surface area contributed by atoms with Crippen molar-refractivity contribution in [3.8, 4) is 0 Å². The van der Waals surface area contributed by atoms with Crippen molar-refractivity contribution in [2.45, 2.75) is 19.8 Å².